The molecule has 0 heterocycles. The lowest BCUT2D eigenvalue weighted by atomic mass is 10.2. The first-order valence-corrected chi connectivity index (χ1v) is 5.75. The van der Waals surface area contributed by atoms with Crippen molar-refractivity contribution in [2.24, 2.45) is 0 Å². The van der Waals surface area contributed by atoms with Crippen molar-refractivity contribution in [3.05, 3.63) is 35.6 Å². The number of carbonyl (C=O) groups is 1. The summed E-state index contributed by atoms with van der Waals surface area (Å²) >= 11 is 0. The summed E-state index contributed by atoms with van der Waals surface area (Å²) in [6.45, 7) is 1.49. The first-order chi connectivity index (χ1) is 8.09. The molecule has 1 aromatic rings. The van der Waals surface area contributed by atoms with Crippen molar-refractivity contribution in [2.75, 3.05) is 20.6 Å². The third-order valence-electron chi connectivity index (χ3n) is 2.49. The molecule has 0 radical (unpaired) electrons. The highest BCUT2D eigenvalue weighted by Gasteiger charge is 2.02. The predicted molar refractivity (Wildman–Crippen MR) is 66.0 cm³/mol. The third kappa shape index (κ3) is 5.45. The van der Waals surface area contributed by atoms with Crippen LogP contribution in [0.15, 0.2) is 24.3 Å². The molecule has 1 aromatic carbocycles. The highest BCUT2D eigenvalue weighted by molar-refractivity contribution is 5.75. The minimum absolute atomic E-state index is 0.147. The van der Waals surface area contributed by atoms with Crippen molar-refractivity contribution in [1.82, 2.24) is 10.2 Å². The van der Waals surface area contributed by atoms with E-state index in [9.17, 15) is 9.18 Å². The Labute approximate surface area is 102 Å². The van der Waals surface area contributed by atoms with Gasteiger partial charge >= 0.3 is 0 Å². The number of amides is 1. The van der Waals surface area contributed by atoms with E-state index >= 15 is 0 Å². The molecule has 94 valence electrons. The van der Waals surface area contributed by atoms with Gasteiger partial charge in [0.05, 0.1) is 0 Å². The summed E-state index contributed by atoms with van der Waals surface area (Å²) < 4.78 is 12.6. The van der Waals surface area contributed by atoms with E-state index in [1.54, 1.807) is 31.1 Å². The Morgan fingerprint density at radius 3 is 2.53 bits per heavy atom. The Kier molecular flexibility index (Phi) is 5.63. The van der Waals surface area contributed by atoms with Crippen LogP contribution in [-0.2, 0) is 11.3 Å². The molecule has 0 aliphatic carbocycles. The van der Waals surface area contributed by atoms with Gasteiger partial charge in [-0.25, -0.2) is 4.39 Å². The molecular weight excluding hydrogens is 219 g/mol. The topological polar surface area (TPSA) is 32.3 Å². The largest absolute Gasteiger partial charge is 0.349 e. The fourth-order valence-electron chi connectivity index (χ4n) is 1.42. The van der Waals surface area contributed by atoms with Gasteiger partial charge in [-0.1, -0.05) is 12.1 Å². The van der Waals surface area contributed by atoms with Crippen LogP contribution in [0.5, 0.6) is 0 Å². The maximum atomic E-state index is 12.6. The van der Waals surface area contributed by atoms with Crippen LogP contribution in [0.25, 0.3) is 0 Å². The van der Waals surface area contributed by atoms with E-state index in [-0.39, 0.29) is 11.7 Å². The van der Waals surface area contributed by atoms with Gasteiger partial charge in [0.25, 0.3) is 0 Å². The fourth-order valence-corrected chi connectivity index (χ4v) is 1.42. The molecule has 17 heavy (non-hydrogen) atoms. The van der Waals surface area contributed by atoms with Crippen molar-refractivity contribution in [3.8, 4) is 0 Å². The highest BCUT2D eigenvalue weighted by atomic mass is 19.1. The summed E-state index contributed by atoms with van der Waals surface area (Å²) in [4.78, 5) is 12.9. The van der Waals surface area contributed by atoms with Gasteiger partial charge < -0.3 is 10.2 Å². The Hall–Kier alpha value is -1.42. The molecule has 3 nitrogen and oxygen atoms in total. The molecular formula is C13H19FN2O. The zero-order valence-corrected chi connectivity index (χ0v) is 10.4. The van der Waals surface area contributed by atoms with E-state index < -0.39 is 0 Å². The molecule has 0 unspecified atom stereocenters. The Balaban J connectivity index is 2.12. The van der Waals surface area contributed by atoms with Crippen LogP contribution >= 0.6 is 0 Å². The molecule has 4 heteroatoms. The van der Waals surface area contributed by atoms with Crippen LogP contribution in [0, 0.1) is 5.82 Å². The second kappa shape index (κ2) is 7.01. The Morgan fingerprint density at radius 2 is 1.94 bits per heavy atom. The van der Waals surface area contributed by atoms with E-state index in [1.165, 1.54) is 12.1 Å². The van der Waals surface area contributed by atoms with E-state index in [2.05, 4.69) is 5.32 Å². The average molecular weight is 238 g/mol. The van der Waals surface area contributed by atoms with Crippen molar-refractivity contribution in [1.29, 1.82) is 0 Å². The number of benzene rings is 1. The lowest BCUT2D eigenvalue weighted by molar-refractivity contribution is -0.128. The van der Waals surface area contributed by atoms with Crippen molar-refractivity contribution in [2.45, 2.75) is 19.4 Å². The number of halogens is 1. The van der Waals surface area contributed by atoms with Crippen LogP contribution in [0.1, 0.15) is 18.4 Å². The van der Waals surface area contributed by atoms with Gasteiger partial charge in [0, 0.05) is 27.1 Å². The summed E-state index contributed by atoms with van der Waals surface area (Å²) in [5, 5.41) is 3.22. The monoisotopic (exact) mass is 238 g/mol. The molecule has 0 fully saturated rings. The molecule has 0 saturated carbocycles. The maximum absolute atomic E-state index is 12.6. The number of rotatable bonds is 6. The first kappa shape index (κ1) is 13.6. The third-order valence-corrected chi connectivity index (χ3v) is 2.49. The van der Waals surface area contributed by atoms with Crippen molar-refractivity contribution < 1.29 is 9.18 Å². The Morgan fingerprint density at radius 1 is 1.29 bits per heavy atom. The number of nitrogens with zero attached hydrogens (tertiary/aromatic N) is 1. The normalized spacial score (nSPS) is 10.3. The molecule has 0 aliphatic rings. The van der Waals surface area contributed by atoms with Crippen LogP contribution in [0.2, 0.25) is 0 Å². The summed E-state index contributed by atoms with van der Waals surface area (Å²) in [5.74, 6) is -0.0705. The molecule has 0 atom stereocenters. The van der Waals surface area contributed by atoms with E-state index in [4.69, 9.17) is 0 Å². The van der Waals surface area contributed by atoms with Crippen molar-refractivity contribution in [3.63, 3.8) is 0 Å². The summed E-state index contributed by atoms with van der Waals surface area (Å²) in [6, 6.07) is 6.42. The fraction of sp³-hybridized carbons (Fsp3) is 0.462. The number of hydrogen-bond donors (Lipinski definition) is 1. The maximum Gasteiger partial charge on any atom is 0.222 e. The molecule has 0 spiro atoms. The van der Waals surface area contributed by atoms with E-state index in [0.717, 1.165) is 18.5 Å². The van der Waals surface area contributed by atoms with Crippen LogP contribution in [0.3, 0.4) is 0 Å². The molecule has 0 aliphatic heterocycles. The highest BCUT2D eigenvalue weighted by Crippen LogP contribution is 2.02. The van der Waals surface area contributed by atoms with Crippen LogP contribution in [0.4, 0.5) is 4.39 Å². The molecule has 0 bridgehead atoms. The van der Waals surface area contributed by atoms with Crippen molar-refractivity contribution >= 4 is 5.91 Å². The molecule has 1 amide bonds. The van der Waals surface area contributed by atoms with Gasteiger partial charge in [0.1, 0.15) is 5.82 Å². The Bertz CT molecular complexity index is 349. The van der Waals surface area contributed by atoms with E-state index in [0.29, 0.717) is 13.0 Å². The SMILES string of the molecule is CN(C)C(=O)CCCNCc1ccc(F)cc1. The summed E-state index contributed by atoms with van der Waals surface area (Å²) in [6.07, 6.45) is 1.38. The molecule has 1 rings (SSSR count). The quantitative estimate of drug-likeness (QED) is 0.766. The minimum atomic E-state index is -0.217. The molecule has 0 saturated heterocycles. The average Bonchev–Trinajstić information content (AvgIpc) is 2.30. The smallest absolute Gasteiger partial charge is 0.222 e. The lowest BCUT2D eigenvalue weighted by Crippen LogP contribution is -2.23. The van der Waals surface area contributed by atoms with E-state index in [1.807, 2.05) is 0 Å². The van der Waals surface area contributed by atoms with Gasteiger partial charge in [0.15, 0.2) is 0 Å². The summed E-state index contributed by atoms with van der Waals surface area (Å²) in [7, 11) is 3.52. The first-order valence-electron chi connectivity index (χ1n) is 5.75. The predicted octanol–water partition coefficient (Wildman–Crippen LogP) is 1.78. The van der Waals surface area contributed by atoms with Crippen LogP contribution in [-0.4, -0.2) is 31.4 Å². The second-order valence-electron chi connectivity index (χ2n) is 4.19. The van der Waals surface area contributed by atoms with Gasteiger partial charge in [-0.2, -0.15) is 0 Å². The lowest BCUT2D eigenvalue weighted by Gasteiger charge is -2.10. The molecule has 0 aromatic heterocycles. The minimum Gasteiger partial charge on any atom is -0.349 e. The van der Waals surface area contributed by atoms with Gasteiger partial charge in [-0.05, 0) is 30.7 Å². The standard InChI is InChI=1S/C13H19FN2O/c1-16(2)13(17)4-3-9-15-10-11-5-7-12(14)8-6-11/h5-8,15H,3-4,9-10H2,1-2H3. The van der Waals surface area contributed by atoms with Gasteiger partial charge in [-0.15, -0.1) is 0 Å². The number of hydrogen-bond acceptors (Lipinski definition) is 2. The van der Waals surface area contributed by atoms with Gasteiger partial charge in [0.2, 0.25) is 5.91 Å². The zero-order valence-electron chi connectivity index (χ0n) is 10.4. The summed E-state index contributed by atoms with van der Waals surface area (Å²) in [5.41, 5.74) is 1.05. The molecule has 1 N–H and O–H groups in total. The second-order valence-corrected chi connectivity index (χ2v) is 4.19. The van der Waals surface area contributed by atoms with Crippen LogP contribution < -0.4 is 5.32 Å². The number of carbonyl (C=O) groups excluding carboxylic acids is 1. The zero-order chi connectivity index (χ0) is 12.7. The number of nitrogens with one attached hydrogen (secondary N) is 1. The van der Waals surface area contributed by atoms with Gasteiger partial charge in [-0.3, -0.25) is 4.79 Å².